The van der Waals surface area contributed by atoms with Crippen LogP contribution in [0.5, 0.6) is 5.75 Å². The van der Waals surface area contributed by atoms with Gasteiger partial charge in [-0.25, -0.2) is 0 Å². The van der Waals surface area contributed by atoms with Crippen molar-refractivity contribution in [1.82, 2.24) is 5.32 Å². The third-order valence-corrected chi connectivity index (χ3v) is 3.34. The van der Waals surface area contributed by atoms with Crippen LogP contribution in [0.15, 0.2) is 30.3 Å². The number of hydrogen-bond donors (Lipinski definition) is 2. The Hall–Kier alpha value is -1.06. The minimum atomic E-state index is -0.0138. The quantitative estimate of drug-likeness (QED) is 0.712. The summed E-state index contributed by atoms with van der Waals surface area (Å²) in [7, 11) is 0. The third-order valence-electron chi connectivity index (χ3n) is 3.34. The van der Waals surface area contributed by atoms with Gasteiger partial charge in [0, 0.05) is 18.6 Å². The van der Waals surface area contributed by atoms with Crippen molar-refractivity contribution in [2.45, 2.75) is 26.3 Å². The van der Waals surface area contributed by atoms with Gasteiger partial charge in [-0.3, -0.25) is 0 Å². The molecule has 96 valence electrons. The molecule has 1 aromatic carbocycles. The van der Waals surface area contributed by atoms with Crippen molar-refractivity contribution in [2.24, 2.45) is 11.7 Å². The number of benzene rings is 1. The van der Waals surface area contributed by atoms with E-state index in [4.69, 9.17) is 10.5 Å². The van der Waals surface area contributed by atoms with Gasteiger partial charge in [0.2, 0.25) is 0 Å². The van der Waals surface area contributed by atoms with Crippen molar-refractivity contribution in [3.05, 3.63) is 30.3 Å². The van der Waals surface area contributed by atoms with Crippen molar-refractivity contribution in [3.63, 3.8) is 0 Å². The zero-order valence-electron chi connectivity index (χ0n) is 11.1. The lowest BCUT2D eigenvalue weighted by Crippen LogP contribution is -2.53. The van der Waals surface area contributed by atoms with Gasteiger partial charge in [0.1, 0.15) is 12.4 Å². The summed E-state index contributed by atoms with van der Waals surface area (Å²) in [6.07, 6.45) is 0. The van der Waals surface area contributed by atoms with E-state index in [0.717, 1.165) is 12.3 Å². The van der Waals surface area contributed by atoms with Gasteiger partial charge in [0.25, 0.3) is 0 Å². The molecule has 17 heavy (non-hydrogen) atoms. The molecule has 0 fully saturated rings. The van der Waals surface area contributed by atoms with Crippen LogP contribution in [0.1, 0.15) is 20.8 Å². The summed E-state index contributed by atoms with van der Waals surface area (Å²) in [5.41, 5.74) is 5.78. The monoisotopic (exact) mass is 236 g/mol. The first kappa shape index (κ1) is 14.0. The molecule has 0 aliphatic rings. The van der Waals surface area contributed by atoms with Crippen LogP contribution >= 0.6 is 0 Å². The molecule has 1 unspecified atom stereocenters. The fraction of sp³-hybridized carbons (Fsp3) is 0.571. The molecular weight excluding hydrogens is 212 g/mol. The molecule has 3 heteroatoms. The van der Waals surface area contributed by atoms with Crippen LogP contribution in [0.3, 0.4) is 0 Å². The molecule has 1 rings (SSSR count). The Balaban J connectivity index is 2.28. The maximum absolute atomic E-state index is 5.80. The van der Waals surface area contributed by atoms with E-state index in [1.807, 2.05) is 30.3 Å². The largest absolute Gasteiger partial charge is 0.492 e. The second-order valence-corrected chi connectivity index (χ2v) is 4.86. The van der Waals surface area contributed by atoms with Crippen molar-refractivity contribution in [3.8, 4) is 5.75 Å². The van der Waals surface area contributed by atoms with E-state index in [1.165, 1.54) is 0 Å². The van der Waals surface area contributed by atoms with E-state index < -0.39 is 0 Å². The fourth-order valence-electron chi connectivity index (χ4n) is 1.53. The van der Waals surface area contributed by atoms with Gasteiger partial charge in [0.05, 0.1) is 0 Å². The summed E-state index contributed by atoms with van der Waals surface area (Å²) in [6, 6.07) is 9.85. The number of para-hydroxylation sites is 1. The molecule has 0 amide bonds. The SMILES string of the molecule is CC(C)C(C)(CN)NCCOc1ccccc1. The highest BCUT2D eigenvalue weighted by atomic mass is 16.5. The summed E-state index contributed by atoms with van der Waals surface area (Å²) in [6.45, 7) is 8.61. The molecule has 0 saturated carbocycles. The number of ether oxygens (including phenoxy) is 1. The molecule has 3 N–H and O–H groups in total. The Morgan fingerprint density at radius 2 is 1.94 bits per heavy atom. The lowest BCUT2D eigenvalue weighted by Gasteiger charge is -2.33. The standard InChI is InChI=1S/C14H24N2O/c1-12(2)14(3,11-15)16-9-10-17-13-7-5-4-6-8-13/h4-8,12,16H,9-11,15H2,1-3H3. The highest BCUT2D eigenvalue weighted by molar-refractivity contribution is 5.20. The maximum atomic E-state index is 5.80. The highest BCUT2D eigenvalue weighted by Crippen LogP contribution is 2.14. The first-order valence-electron chi connectivity index (χ1n) is 6.21. The predicted molar refractivity (Wildman–Crippen MR) is 72.2 cm³/mol. The maximum Gasteiger partial charge on any atom is 0.119 e. The summed E-state index contributed by atoms with van der Waals surface area (Å²) in [4.78, 5) is 0. The van der Waals surface area contributed by atoms with Gasteiger partial charge >= 0.3 is 0 Å². The van der Waals surface area contributed by atoms with Crippen molar-refractivity contribution < 1.29 is 4.74 Å². The van der Waals surface area contributed by atoms with E-state index in [1.54, 1.807) is 0 Å². The van der Waals surface area contributed by atoms with Crippen LogP contribution in [0, 0.1) is 5.92 Å². The molecule has 3 nitrogen and oxygen atoms in total. The topological polar surface area (TPSA) is 47.3 Å². The first-order valence-corrected chi connectivity index (χ1v) is 6.21. The Labute approximate surface area is 104 Å². The van der Waals surface area contributed by atoms with Gasteiger partial charge < -0.3 is 15.8 Å². The van der Waals surface area contributed by atoms with Crippen molar-refractivity contribution >= 4 is 0 Å². The van der Waals surface area contributed by atoms with Crippen LogP contribution in [-0.4, -0.2) is 25.2 Å². The molecule has 1 atom stereocenters. The Morgan fingerprint density at radius 3 is 2.47 bits per heavy atom. The third kappa shape index (κ3) is 4.36. The van der Waals surface area contributed by atoms with Gasteiger partial charge in [0.15, 0.2) is 0 Å². The van der Waals surface area contributed by atoms with Gasteiger partial charge in [-0.1, -0.05) is 32.0 Å². The molecule has 0 heterocycles. The summed E-state index contributed by atoms with van der Waals surface area (Å²) in [5.74, 6) is 1.41. The van der Waals surface area contributed by atoms with Crippen LogP contribution in [0.2, 0.25) is 0 Å². The lowest BCUT2D eigenvalue weighted by molar-refractivity contribution is 0.236. The average molecular weight is 236 g/mol. The van der Waals surface area contributed by atoms with E-state index in [-0.39, 0.29) is 5.54 Å². The smallest absolute Gasteiger partial charge is 0.119 e. The minimum Gasteiger partial charge on any atom is -0.492 e. The van der Waals surface area contributed by atoms with Gasteiger partial charge in [-0.15, -0.1) is 0 Å². The summed E-state index contributed by atoms with van der Waals surface area (Å²) in [5, 5.41) is 3.47. The fourth-order valence-corrected chi connectivity index (χ4v) is 1.53. The van der Waals surface area contributed by atoms with Gasteiger partial charge in [-0.05, 0) is 25.0 Å². The molecule has 0 bridgehead atoms. The zero-order chi connectivity index (χ0) is 12.7. The second-order valence-electron chi connectivity index (χ2n) is 4.86. The lowest BCUT2D eigenvalue weighted by atomic mass is 9.88. The van der Waals surface area contributed by atoms with E-state index in [0.29, 0.717) is 19.1 Å². The molecular formula is C14H24N2O. The van der Waals surface area contributed by atoms with Crippen LogP contribution < -0.4 is 15.8 Å². The highest BCUT2D eigenvalue weighted by Gasteiger charge is 2.25. The Kier molecular flexibility index (Phi) is 5.45. The van der Waals surface area contributed by atoms with E-state index in [9.17, 15) is 0 Å². The molecule has 0 aromatic heterocycles. The number of hydrogen-bond acceptors (Lipinski definition) is 3. The second kappa shape index (κ2) is 6.62. The van der Waals surface area contributed by atoms with Crippen molar-refractivity contribution in [1.29, 1.82) is 0 Å². The normalized spacial score (nSPS) is 14.6. The molecule has 0 radical (unpaired) electrons. The molecule has 0 aliphatic carbocycles. The molecule has 0 spiro atoms. The summed E-state index contributed by atoms with van der Waals surface area (Å²) < 4.78 is 5.62. The van der Waals surface area contributed by atoms with Crippen LogP contribution in [0.25, 0.3) is 0 Å². The summed E-state index contributed by atoms with van der Waals surface area (Å²) >= 11 is 0. The predicted octanol–water partition coefficient (Wildman–Crippen LogP) is 2.03. The van der Waals surface area contributed by atoms with E-state index >= 15 is 0 Å². The van der Waals surface area contributed by atoms with E-state index in [2.05, 4.69) is 26.1 Å². The molecule has 0 saturated heterocycles. The number of nitrogens with one attached hydrogen (secondary N) is 1. The number of nitrogens with two attached hydrogens (primary N) is 1. The Morgan fingerprint density at radius 1 is 1.29 bits per heavy atom. The minimum absolute atomic E-state index is 0.0138. The number of rotatable bonds is 7. The zero-order valence-corrected chi connectivity index (χ0v) is 11.1. The van der Waals surface area contributed by atoms with Gasteiger partial charge in [-0.2, -0.15) is 0 Å². The first-order chi connectivity index (χ1) is 8.08. The van der Waals surface area contributed by atoms with Crippen molar-refractivity contribution in [2.75, 3.05) is 19.7 Å². The molecule has 1 aromatic rings. The molecule has 0 aliphatic heterocycles. The van der Waals surface area contributed by atoms with Crippen LogP contribution in [-0.2, 0) is 0 Å². The van der Waals surface area contributed by atoms with Crippen LogP contribution in [0.4, 0.5) is 0 Å². The Bertz CT molecular complexity index is 313. The average Bonchev–Trinajstić information content (AvgIpc) is 2.35.